The molecule has 1 heterocycles. The Morgan fingerprint density at radius 2 is 2.11 bits per heavy atom. The number of carbonyl (C=O) groups is 1. The van der Waals surface area contributed by atoms with Crippen LogP contribution < -0.4 is 10.6 Å². The molecule has 4 heteroatoms. The minimum absolute atomic E-state index is 0.0554. The van der Waals surface area contributed by atoms with Crippen LogP contribution in [0.1, 0.15) is 19.4 Å². The summed E-state index contributed by atoms with van der Waals surface area (Å²) >= 11 is 0. The van der Waals surface area contributed by atoms with E-state index >= 15 is 0 Å². The van der Waals surface area contributed by atoms with Crippen LogP contribution in [-0.2, 0) is 11.3 Å². The first-order chi connectivity index (χ1) is 9.04. The Labute approximate surface area is 113 Å². The van der Waals surface area contributed by atoms with Gasteiger partial charge in [0.2, 0.25) is 5.91 Å². The molecular weight excluding hydrogens is 238 g/mol. The van der Waals surface area contributed by atoms with E-state index in [-0.39, 0.29) is 5.91 Å². The number of fused-ring (bicyclic) bond motifs is 1. The van der Waals surface area contributed by atoms with E-state index in [1.54, 1.807) is 7.05 Å². The van der Waals surface area contributed by atoms with Crippen molar-refractivity contribution in [3.05, 3.63) is 36.0 Å². The minimum Gasteiger partial charge on any atom is -0.361 e. The summed E-state index contributed by atoms with van der Waals surface area (Å²) in [4.78, 5) is 14.9. The molecule has 4 nitrogen and oxygen atoms in total. The highest BCUT2D eigenvalue weighted by Gasteiger charge is 2.25. The fourth-order valence-electron chi connectivity index (χ4n) is 2.23. The van der Waals surface area contributed by atoms with Crippen molar-refractivity contribution in [3.63, 3.8) is 0 Å². The van der Waals surface area contributed by atoms with Gasteiger partial charge in [0.05, 0.1) is 5.41 Å². The van der Waals surface area contributed by atoms with Crippen molar-refractivity contribution in [2.75, 3.05) is 13.6 Å². The average Bonchev–Trinajstić information content (AvgIpc) is 2.86. The highest BCUT2D eigenvalue weighted by Crippen LogP contribution is 2.18. The van der Waals surface area contributed by atoms with Crippen LogP contribution in [0.3, 0.4) is 0 Å². The number of H-pyrrole nitrogens is 1. The van der Waals surface area contributed by atoms with Gasteiger partial charge in [0.25, 0.3) is 0 Å². The molecule has 0 unspecified atom stereocenters. The molecule has 0 radical (unpaired) electrons. The second-order valence-corrected chi connectivity index (χ2v) is 5.42. The molecule has 0 aliphatic carbocycles. The highest BCUT2D eigenvalue weighted by atomic mass is 16.2. The van der Waals surface area contributed by atoms with Gasteiger partial charge in [0.1, 0.15) is 0 Å². The summed E-state index contributed by atoms with van der Waals surface area (Å²) in [6.45, 7) is 5.29. The molecule has 0 saturated carbocycles. The van der Waals surface area contributed by atoms with Crippen LogP contribution >= 0.6 is 0 Å². The predicted molar refractivity (Wildman–Crippen MR) is 77.9 cm³/mol. The number of amides is 1. The molecule has 3 N–H and O–H groups in total. The average molecular weight is 259 g/mol. The lowest BCUT2D eigenvalue weighted by atomic mass is 9.92. The summed E-state index contributed by atoms with van der Waals surface area (Å²) < 4.78 is 0. The number of carbonyl (C=O) groups excluding carboxylic acids is 1. The maximum absolute atomic E-state index is 11.7. The van der Waals surface area contributed by atoms with Crippen LogP contribution in [0.15, 0.2) is 30.5 Å². The molecule has 2 rings (SSSR count). The van der Waals surface area contributed by atoms with Crippen LogP contribution in [-0.4, -0.2) is 24.5 Å². The van der Waals surface area contributed by atoms with Gasteiger partial charge in [0.15, 0.2) is 0 Å². The zero-order valence-electron chi connectivity index (χ0n) is 11.7. The summed E-state index contributed by atoms with van der Waals surface area (Å²) in [5.41, 5.74) is 1.98. The van der Waals surface area contributed by atoms with Crippen molar-refractivity contribution in [3.8, 4) is 0 Å². The molecule has 102 valence electrons. The van der Waals surface area contributed by atoms with E-state index in [1.807, 2.05) is 26.1 Å². The number of aromatic amines is 1. The summed E-state index contributed by atoms with van der Waals surface area (Å²) in [7, 11) is 1.67. The Kier molecular flexibility index (Phi) is 3.90. The van der Waals surface area contributed by atoms with Crippen molar-refractivity contribution < 1.29 is 4.79 Å². The molecule has 2 aromatic rings. The van der Waals surface area contributed by atoms with E-state index in [9.17, 15) is 4.79 Å². The first-order valence-corrected chi connectivity index (χ1v) is 6.52. The van der Waals surface area contributed by atoms with Crippen LogP contribution in [0.4, 0.5) is 0 Å². The second-order valence-electron chi connectivity index (χ2n) is 5.42. The molecule has 0 saturated heterocycles. The first kappa shape index (κ1) is 13.6. The van der Waals surface area contributed by atoms with Gasteiger partial charge in [-0.15, -0.1) is 0 Å². The number of nitrogens with one attached hydrogen (secondary N) is 3. The van der Waals surface area contributed by atoms with Crippen LogP contribution in [0, 0.1) is 5.41 Å². The Morgan fingerprint density at radius 3 is 2.84 bits per heavy atom. The van der Waals surface area contributed by atoms with Gasteiger partial charge < -0.3 is 15.6 Å². The van der Waals surface area contributed by atoms with Gasteiger partial charge in [-0.1, -0.05) is 12.1 Å². The number of aromatic nitrogens is 1. The fourth-order valence-corrected chi connectivity index (χ4v) is 2.23. The summed E-state index contributed by atoms with van der Waals surface area (Å²) in [5.74, 6) is 0.0554. The lowest BCUT2D eigenvalue weighted by molar-refractivity contribution is -0.128. The summed E-state index contributed by atoms with van der Waals surface area (Å²) in [5, 5.41) is 7.29. The van der Waals surface area contributed by atoms with Crippen molar-refractivity contribution in [2.45, 2.75) is 20.4 Å². The predicted octanol–water partition coefficient (Wildman–Crippen LogP) is 2.03. The number of hydrogen-bond donors (Lipinski definition) is 3. The maximum atomic E-state index is 11.7. The monoisotopic (exact) mass is 259 g/mol. The molecule has 0 atom stereocenters. The van der Waals surface area contributed by atoms with Gasteiger partial charge in [-0.3, -0.25) is 4.79 Å². The highest BCUT2D eigenvalue weighted by molar-refractivity contribution is 5.83. The lowest BCUT2D eigenvalue weighted by Crippen LogP contribution is -2.41. The quantitative estimate of drug-likeness (QED) is 0.769. The number of rotatable bonds is 5. The molecule has 0 spiro atoms. The molecule has 0 aliphatic rings. The van der Waals surface area contributed by atoms with Crippen molar-refractivity contribution >= 4 is 16.8 Å². The van der Waals surface area contributed by atoms with Gasteiger partial charge in [-0.2, -0.15) is 0 Å². The van der Waals surface area contributed by atoms with Crippen molar-refractivity contribution in [1.82, 2.24) is 15.6 Å². The number of hydrogen-bond acceptors (Lipinski definition) is 2. The van der Waals surface area contributed by atoms with E-state index in [2.05, 4.69) is 33.8 Å². The molecule has 1 aromatic carbocycles. The van der Waals surface area contributed by atoms with Gasteiger partial charge in [-0.25, -0.2) is 0 Å². The van der Waals surface area contributed by atoms with Gasteiger partial charge >= 0.3 is 0 Å². The van der Waals surface area contributed by atoms with E-state index in [0.29, 0.717) is 6.54 Å². The zero-order valence-corrected chi connectivity index (χ0v) is 11.7. The normalized spacial score (nSPS) is 11.7. The number of benzene rings is 1. The largest absolute Gasteiger partial charge is 0.361 e. The van der Waals surface area contributed by atoms with E-state index < -0.39 is 5.41 Å². The Bertz CT molecular complexity index is 572. The lowest BCUT2D eigenvalue weighted by Gasteiger charge is -2.23. The molecule has 1 amide bonds. The first-order valence-electron chi connectivity index (χ1n) is 6.52. The fraction of sp³-hybridized carbons (Fsp3) is 0.400. The SMILES string of the molecule is CNC(=O)C(C)(C)CNCc1cccc2[nH]ccc12. The Balaban J connectivity index is 2.00. The maximum Gasteiger partial charge on any atom is 0.226 e. The third-order valence-corrected chi connectivity index (χ3v) is 3.41. The summed E-state index contributed by atoms with van der Waals surface area (Å²) in [6, 6.07) is 8.29. The van der Waals surface area contributed by atoms with Crippen molar-refractivity contribution in [1.29, 1.82) is 0 Å². The molecule has 1 aromatic heterocycles. The van der Waals surface area contributed by atoms with Crippen molar-refractivity contribution in [2.24, 2.45) is 5.41 Å². The third kappa shape index (κ3) is 2.96. The van der Waals surface area contributed by atoms with Crippen LogP contribution in [0.2, 0.25) is 0 Å². The molecule has 0 bridgehead atoms. The smallest absolute Gasteiger partial charge is 0.226 e. The zero-order chi connectivity index (χ0) is 13.9. The van der Waals surface area contributed by atoms with Gasteiger partial charge in [-0.05, 0) is 31.5 Å². The van der Waals surface area contributed by atoms with Crippen LogP contribution in [0.5, 0.6) is 0 Å². The molecule has 0 aliphatic heterocycles. The Hall–Kier alpha value is -1.81. The minimum atomic E-state index is -0.402. The topological polar surface area (TPSA) is 56.9 Å². The molecule has 19 heavy (non-hydrogen) atoms. The standard InChI is InChI=1S/C15H21N3O/c1-15(2,14(19)16-3)10-17-9-11-5-4-6-13-12(11)7-8-18-13/h4-8,17-18H,9-10H2,1-3H3,(H,16,19). The third-order valence-electron chi connectivity index (χ3n) is 3.41. The van der Waals surface area contributed by atoms with E-state index in [4.69, 9.17) is 0 Å². The molecular formula is C15H21N3O. The molecule has 0 fully saturated rings. The van der Waals surface area contributed by atoms with Crippen LogP contribution in [0.25, 0.3) is 10.9 Å². The summed E-state index contributed by atoms with van der Waals surface area (Å²) in [6.07, 6.45) is 1.95. The second kappa shape index (κ2) is 5.45. The van der Waals surface area contributed by atoms with Gasteiger partial charge in [0, 0.05) is 37.2 Å². The Morgan fingerprint density at radius 1 is 1.32 bits per heavy atom. The van der Waals surface area contributed by atoms with E-state index in [1.165, 1.54) is 10.9 Å². The van der Waals surface area contributed by atoms with E-state index in [0.717, 1.165) is 12.1 Å².